The van der Waals surface area contributed by atoms with Crippen LogP contribution in [0.5, 0.6) is 0 Å². The number of amides is 1. The lowest BCUT2D eigenvalue weighted by Crippen LogP contribution is -2.43. The second kappa shape index (κ2) is 4.46. The van der Waals surface area contributed by atoms with Crippen LogP contribution in [0.3, 0.4) is 0 Å². The molecule has 0 saturated carbocycles. The Labute approximate surface area is 98.9 Å². The molecule has 1 amide bonds. The van der Waals surface area contributed by atoms with Crippen LogP contribution in [0.1, 0.15) is 13.3 Å². The van der Waals surface area contributed by atoms with Crippen LogP contribution >= 0.6 is 0 Å². The summed E-state index contributed by atoms with van der Waals surface area (Å²) < 4.78 is 0. The summed E-state index contributed by atoms with van der Waals surface area (Å²) in [6.45, 7) is 3.19. The van der Waals surface area contributed by atoms with Gasteiger partial charge in [0, 0.05) is 31.6 Å². The van der Waals surface area contributed by atoms with Gasteiger partial charge in [0.25, 0.3) is 0 Å². The first-order valence-corrected chi connectivity index (χ1v) is 5.62. The number of aliphatic hydroxyl groups excluding tert-OH is 1. The van der Waals surface area contributed by atoms with Crippen LogP contribution in [0.15, 0.2) is 11.1 Å². The number of aliphatic carboxylic acids is 1. The molecule has 0 bridgehead atoms. The Bertz CT molecular complexity index is 385. The fourth-order valence-corrected chi connectivity index (χ4v) is 2.15. The number of aliphatic hydroxyl groups is 1. The highest BCUT2D eigenvalue weighted by atomic mass is 16.4. The number of carboxylic acid groups (broad SMARTS) is 1. The number of nitrogens with one attached hydrogen (secondary N) is 1. The molecule has 94 valence electrons. The van der Waals surface area contributed by atoms with Crippen molar-refractivity contribution < 1.29 is 19.8 Å². The number of likely N-dealkylation sites (tertiary alicyclic amines) is 1. The Hall–Kier alpha value is -1.40. The minimum atomic E-state index is -1.06. The van der Waals surface area contributed by atoms with Crippen molar-refractivity contribution >= 4 is 11.9 Å². The van der Waals surface area contributed by atoms with Crippen molar-refractivity contribution in [3.05, 3.63) is 11.1 Å². The fourth-order valence-electron chi connectivity index (χ4n) is 2.15. The normalized spacial score (nSPS) is 27.9. The molecule has 0 aromatic carbocycles. The molecule has 6 heteroatoms. The zero-order chi connectivity index (χ0) is 12.6. The van der Waals surface area contributed by atoms with Crippen molar-refractivity contribution in [3.63, 3.8) is 0 Å². The molecule has 2 heterocycles. The molecule has 0 aliphatic carbocycles. The lowest BCUT2D eigenvalue weighted by molar-refractivity contribution is -0.146. The molecule has 0 spiro atoms. The van der Waals surface area contributed by atoms with E-state index in [-0.39, 0.29) is 18.9 Å². The molecule has 3 N–H and O–H groups in total. The number of nitrogens with zero attached hydrogens (tertiary/aromatic N) is 1. The molecule has 0 aromatic heterocycles. The monoisotopic (exact) mass is 240 g/mol. The van der Waals surface area contributed by atoms with Crippen molar-refractivity contribution in [1.29, 1.82) is 0 Å². The van der Waals surface area contributed by atoms with Crippen molar-refractivity contribution in [3.8, 4) is 0 Å². The zero-order valence-corrected chi connectivity index (χ0v) is 9.64. The topological polar surface area (TPSA) is 89.9 Å². The van der Waals surface area contributed by atoms with Crippen LogP contribution in [-0.2, 0) is 9.59 Å². The highest BCUT2D eigenvalue weighted by Gasteiger charge is 2.39. The quantitative estimate of drug-likeness (QED) is 0.536. The van der Waals surface area contributed by atoms with Gasteiger partial charge in [0.1, 0.15) is 6.04 Å². The van der Waals surface area contributed by atoms with E-state index < -0.39 is 18.1 Å². The molecule has 6 nitrogen and oxygen atoms in total. The van der Waals surface area contributed by atoms with E-state index in [1.807, 2.05) is 0 Å². The fraction of sp³-hybridized carbons (Fsp3) is 0.636. The number of carbonyl (C=O) groups excluding carboxylic acids is 1. The molecule has 2 aliphatic heterocycles. The zero-order valence-electron chi connectivity index (χ0n) is 9.64. The maximum atomic E-state index is 12.1. The van der Waals surface area contributed by atoms with E-state index >= 15 is 0 Å². The average molecular weight is 240 g/mol. The van der Waals surface area contributed by atoms with Gasteiger partial charge in [0.2, 0.25) is 5.91 Å². The molecule has 0 radical (unpaired) electrons. The van der Waals surface area contributed by atoms with E-state index in [9.17, 15) is 14.7 Å². The summed E-state index contributed by atoms with van der Waals surface area (Å²) in [4.78, 5) is 24.4. The molecule has 2 saturated heterocycles. The average Bonchev–Trinajstić information content (AvgIpc) is 2.56. The molecule has 2 aliphatic rings. The molecule has 0 unspecified atom stereocenters. The predicted octanol–water partition coefficient (Wildman–Crippen LogP) is -1.05. The summed E-state index contributed by atoms with van der Waals surface area (Å²) in [6, 6.07) is -0.902. The van der Waals surface area contributed by atoms with Gasteiger partial charge in [-0.3, -0.25) is 4.79 Å². The number of carbonyl (C=O) groups is 2. The third-order valence-corrected chi connectivity index (χ3v) is 3.35. The van der Waals surface area contributed by atoms with E-state index in [1.165, 1.54) is 4.90 Å². The van der Waals surface area contributed by atoms with Crippen molar-refractivity contribution in [1.82, 2.24) is 10.2 Å². The lowest BCUT2D eigenvalue weighted by atomic mass is 10.0. The SMILES string of the molecule is CC(C(=O)N1C[C@H](O)C[C@H]1C(=O)O)=C1CNC1. The third-order valence-electron chi connectivity index (χ3n) is 3.35. The van der Waals surface area contributed by atoms with Gasteiger partial charge in [-0.15, -0.1) is 0 Å². The number of rotatable bonds is 2. The van der Waals surface area contributed by atoms with E-state index in [0.29, 0.717) is 18.7 Å². The van der Waals surface area contributed by atoms with Gasteiger partial charge < -0.3 is 20.4 Å². The van der Waals surface area contributed by atoms with Gasteiger partial charge in [-0.25, -0.2) is 4.79 Å². The summed E-state index contributed by atoms with van der Waals surface area (Å²) in [5.74, 6) is -1.33. The van der Waals surface area contributed by atoms with Gasteiger partial charge in [-0.1, -0.05) is 0 Å². The molecule has 17 heavy (non-hydrogen) atoms. The van der Waals surface area contributed by atoms with Gasteiger partial charge in [-0.05, 0) is 12.5 Å². The number of β-amino-alcohol motifs (C(OH)–C–C–N with tert-alkyl or cyclic N) is 1. The molecule has 2 rings (SSSR count). The molecular weight excluding hydrogens is 224 g/mol. The summed E-state index contributed by atoms with van der Waals surface area (Å²) in [5.41, 5.74) is 1.62. The van der Waals surface area contributed by atoms with E-state index in [4.69, 9.17) is 5.11 Å². The van der Waals surface area contributed by atoms with Gasteiger partial charge in [0.05, 0.1) is 6.10 Å². The van der Waals surface area contributed by atoms with Gasteiger partial charge in [-0.2, -0.15) is 0 Å². The standard InChI is InChI=1S/C11H16N2O4/c1-6(7-3-12-4-7)10(15)13-5-8(14)2-9(13)11(16)17/h8-9,12,14H,2-5H2,1H3,(H,16,17)/t8-,9+/m1/s1. The number of hydrogen-bond acceptors (Lipinski definition) is 4. The Morgan fingerprint density at radius 1 is 1.41 bits per heavy atom. The predicted molar refractivity (Wildman–Crippen MR) is 59.3 cm³/mol. The second-order valence-electron chi connectivity index (χ2n) is 4.53. The number of hydrogen-bond donors (Lipinski definition) is 3. The number of carboxylic acids is 1. The van der Waals surface area contributed by atoms with Crippen LogP contribution in [0.25, 0.3) is 0 Å². The maximum Gasteiger partial charge on any atom is 0.326 e. The first-order valence-electron chi connectivity index (χ1n) is 5.62. The Morgan fingerprint density at radius 3 is 2.53 bits per heavy atom. The van der Waals surface area contributed by atoms with E-state index in [1.54, 1.807) is 6.92 Å². The smallest absolute Gasteiger partial charge is 0.326 e. The Kier molecular flexibility index (Phi) is 3.17. The molecular formula is C11H16N2O4. The third kappa shape index (κ3) is 2.18. The van der Waals surface area contributed by atoms with E-state index in [0.717, 1.165) is 5.57 Å². The highest BCUT2D eigenvalue weighted by molar-refractivity contribution is 5.96. The van der Waals surface area contributed by atoms with Gasteiger partial charge in [0.15, 0.2) is 0 Å². The Morgan fingerprint density at radius 2 is 2.06 bits per heavy atom. The second-order valence-corrected chi connectivity index (χ2v) is 4.53. The van der Waals surface area contributed by atoms with Gasteiger partial charge >= 0.3 is 5.97 Å². The minimum Gasteiger partial charge on any atom is -0.480 e. The lowest BCUT2D eigenvalue weighted by Gasteiger charge is -2.26. The first kappa shape index (κ1) is 12.1. The molecule has 2 atom stereocenters. The van der Waals surface area contributed by atoms with Crippen LogP contribution in [0, 0.1) is 0 Å². The largest absolute Gasteiger partial charge is 0.480 e. The van der Waals surface area contributed by atoms with Crippen LogP contribution in [0.4, 0.5) is 0 Å². The summed E-state index contributed by atoms with van der Waals surface area (Å²) in [7, 11) is 0. The first-order chi connectivity index (χ1) is 8.00. The summed E-state index contributed by atoms with van der Waals surface area (Å²) in [6.07, 6.45) is -0.626. The van der Waals surface area contributed by atoms with E-state index in [2.05, 4.69) is 5.32 Å². The van der Waals surface area contributed by atoms with Crippen molar-refractivity contribution in [2.75, 3.05) is 19.6 Å². The summed E-state index contributed by atoms with van der Waals surface area (Å²) >= 11 is 0. The van der Waals surface area contributed by atoms with Crippen LogP contribution < -0.4 is 5.32 Å². The Balaban J connectivity index is 2.15. The maximum absolute atomic E-state index is 12.1. The minimum absolute atomic E-state index is 0.105. The molecule has 0 aromatic rings. The van der Waals surface area contributed by atoms with Crippen LogP contribution in [-0.4, -0.2) is 58.8 Å². The summed E-state index contributed by atoms with van der Waals surface area (Å²) in [5, 5.41) is 21.5. The molecule has 2 fully saturated rings. The van der Waals surface area contributed by atoms with Crippen molar-refractivity contribution in [2.24, 2.45) is 0 Å². The van der Waals surface area contributed by atoms with Crippen LogP contribution in [0.2, 0.25) is 0 Å². The highest BCUT2D eigenvalue weighted by Crippen LogP contribution is 2.22. The van der Waals surface area contributed by atoms with Crippen molar-refractivity contribution in [2.45, 2.75) is 25.5 Å².